The van der Waals surface area contributed by atoms with Gasteiger partial charge in [-0.1, -0.05) is 23.7 Å². The molecule has 0 aliphatic rings. The molecule has 4 heteroatoms. The van der Waals surface area contributed by atoms with Gasteiger partial charge in [-0.3, -0.25) is 0 Å². The second-order valence-electron chi connectivity index (χ2n) is 4.64. The summed E-state index contributed by atoms with van der Waals surface area (Å²) in [6.45, 7) is 3.07. The molecule has 0 fully saturated rings. The molecule has 2 aromatic rings. The summed E-state index contributed by atoms with van der Waals surface area (Å²) in [5, 5.41) is 3.47. The lowest BCUT2D eigenvalue weighted by Gasteiger charge is -2.13. The van der Waals surface area contributed by atoms with Crippen LogP contribution in [0, 0.1) is 5.82 Å². The molecular weight excluding hydrogens is 281 g/mol. The fraction of sp³-hybridized carbons (Fsp3) is 0.333. The van der Waals surface area contributed by atoms with Crippen molar-refractivity contribution in [1.29, 1.82) is 0 Å². The van der Waals surface area contributed by atoms with Crippen LogP contribution >= 0.6 is 22.9 Å². The van der Waals surface area contributed by atoms with Crippen molar-refractivity contribution in [1.82, 2.24) is 5.32 Å². The maximum absolute atomic E-state index is 12.8. The van der Waals surface area contributed by atoms with Crippen LogP contribution in [0.2, 0.25) is 4.34 Å². The van der Waals surface area contributed by atoms with E-state index in [1.165, 1.54) is 17.0 Å². The van der Waals surface area contributed by atoms with Crippen molar-refractivity contribution in [3.63, 3.8) is 0 Å². The van der Waals surface area contributed by atoms with Gasteiger partial charge in [0.2, 0.25) is 0 Å². The molecule has 0 spiro atoms. The van der Waals surface area contributed by atoms with Crippen LogP contribution in [0.25, 0.3) is 0 Å². The number of hydrogen-bond acceptors (Lipinski definition) is 2. The molecule has 1 atom stereocenters. The van der Waals surface area contributed by atoms with Crippen LogP contribution in [0.15, 0.2) is 36.4 Å². The third kappa shape index (κ3) is 4.94. The van der Waals surface area contributed by atoms with Gasteiger partial charge in [0.05, 0.1) is 4.34 Å². The Morgan fingerprint density at radius 3 is 2.58 bits per heavy atom. The van der Waals surface area contributed by atoms with Gasteiger partial charge >= 0.3 is 0 Å². The number of hydrogen-bond donors (Lipinski definition) is 1. The van der Waals surface area contributed by atoms with E-state index < -0.39 is 0 Å². The normalized spacial score (nSPS) is 12.6. The summed E-state index contributed by atoms with van der Waals surface area (Å²) in [6.07, 6.45) is 1.90. The van der Waals surface area contributed by atoms with E-state index >= 15 is 0 Å². The van der Waals surface area contributed by atoms with Gasteiger partial charge in [0, 0.05) is 17.5 Å². The standard InChI is InChI=1S/C15H17ClFNS/c1-11(10-12-2-4-13(17)5-3-12)18-9-8-14-6-7-15(16)19-14/h2-7,11,18H,8-10H2,1H3. The highest BCUT2D eigenvalue weighted by Crippen LogP contribution is 2.21. The summed E-state index contributed by atoms with van der Waals surface area (Å²) < 4.78 is 13.6. The fourth-order valence-corrected chi connectivity index (χ4v) is 3.06. The molecule has 0 aliphatic heterocycles. The quantitative estimate of drug-likeness (QED) is 0.838. The molecule has 19 heavy (non-hydrogen) atoms. The molecule has 0 amide bonds. The minimum absolute atomic E-state index is 0.182. The van der Waals surface area contributed by atoms with Crippen molar-refractivity contribution in [2.45, 2.75) is 25.8 Å². The number of thiophene rings is 1. The Morgan fingerprint density at radius 1 is 1.21 bits per heavy atom. The maximum Gasteiger partial charge on any atom is 0.123 e. The average Bonchev–Trinajstić information content (AvgIpc) is 2.78. The third-order valence-corrected chi connectivity index (χ3v) is 4.24. The highest BCUT2D eigenvalue weighted by molar-refractivity contribution is 7.16. The van der Waals surface area contributed by atoms with E-state index in [-0.39, 0.29) is 5.82 Å². The number of halogens is 2. The van der Waals surface area contributed by atoms with Crippen LogP contribution in [0.3, 0.4) is 0 Å². The van der Waals surface area contributed by atoms with Gasteiger partial charge in [-0.15, -0.1) is 11.3 Å². The van der Waals surface area contributed by atoms with E-state index in [2.05, 4.69) is 18.3 Å². The average molecular weight is 298 g/mol. The Hall–Kier alpha value is -0.900. The van der Waals surface area contributed by atoms with E-state index in [4.69, 9.17) is 11.6 Å². The van der Waals surface area contributed by atoms with Crippen molar-refractivity contribution in [3.05, 3.63) is 57.0 Å². The Kier molecular flexibility index (Phi) is 5.37. The molecule has 0 bridgehead atoms. The first-order valence-electron chi connectivity index (χ1n) is 6.35. The molecule has 1 heterocycles. The van der Waals surface area contributed by atoms with Crippen molar-refractivity contribution in [2.75, 3.05) is 6.54 Å². The topological polar surface area (TPSA) is 12.0 Å². The van der Waals surface area contributed by atoms with E-state index in [0.717, 1.165) is 29.3 Å². The molecule has 0 saturated carbocycles. The molecule has 1 unspecified atom stereocenters. The van der Waals surface area contributed by atoms with E-state index in [1.807, 2.05) is 18.2 Å². The van der Waals surface area contributed by atoms with Gasteiger partial charge in [-0.05, 0) is 49.6 Å². The summed E-state index contributed by atoms with van der Waals surface area (Å²) in [5.41, 5.74) is 1.15. The lowest BCUT2D eigenvalue weighted by Crippen LogP contribution is -2.29. The first-order valence-corrected chi connectivity index (χ1v) is 7.55. The molecule has 0 aliphatic carbocycles. The monoisotopic (exact) mass is 297 g/mol. The Morgan fingerprint density at radius 2 is 1.95 bits per heavy atom. The number of nitrogens with one attached hydrogen (secondary N) is 1. The van der Waals surface area contributed by atoms with E-state index in [0.29, 0.717) is 6.04 Å². The first-order chi connectivity index (χ1) is 9.13. The largest absolute Gasteiger partial charge is 0.314 e. The SMILES string of the molecule is CC(Cc1ccc(F)cc1)NCCc1ccc(Cl)s1. The van der Waals surface area contributed by atoms with Gasteiger partial charge < -0.3 is 5.32 Å². The van der Waals surface area contributed by atoms with Crippen LogP contribution in [-0.4, -0.2) is 12.6 Å². The summed E-state index contributed by atoms with van der Waals surface area (Å²) in [4.78, 5) is 1.30. The molecule has 1 aromatic heterocycles. The summed E-state index contributed by atoms with van der Waals surface area (Å²) in [6, 6.07) is 11.1. The molecular formula is C15H17ClFNS. The lowest BCUT2D eigenvalue weighted by molar-refractivity contribution is 0.549. The molecule has 0 radical (unpaired) electrons. The van der Waals surface area contributed by atoms with E-state index in [1.54, 1.807) is 11.3 Å². The van der Waals surface area contributed by atoms with Gasteiger partial charge in [0.25, 0.3) is 0 Å². The predicted octanol–water partition coefficient (Wildman–Crippen LogP) is 4.30. The molecule has 102 valence electrons. The zero-order chi connectivity index (χ0) is 13.7. The van der Waals surface area contributed by atoms with Crippen molar-refractivity contribution in [3.8, 4) is 0 Å². The van der Waals surface area contributed by atoms with Crippen LogP contribution in [0.1, 0.15) is 17.4 Å². The van der Waals surface area contributed by atoms with Gasteiger partial charge in [-0.25, -0.2) is 4.39 Å². The van der Waals surface area contributed by atoms with Gasteiger partial charge in [0.15, 0.2) is 0 Å². The Balaban J connectivity index is 1.72. The molecule has 2 rings (SSSR count). The third-order valence-electron chi connectivity index (χ3n) is 2.95. The summed E-state index contributed by atoms with van der Waals surface area (Å²) >= 11 is 7.52. The second-order valence-corrected chi connectivity index (χ2v) is 6.44. The predicted molar refractivity (Wildman–Crippen MR) is 80.6 cm³/mol. The zero-order valence-corrected chi connectivity index (χ0v) is 12.4. The van der Waals surface area contributed by atoms with Crippen LogP contribution in [0.5, 0.6) is 0 Å². The summed E-state index contributed by atoms with van der Waals surface area (Å²) in [5.74, 6) is -0.182. The minimum Gasteiger partial charge on any atom is -0.314 e. The smallest absolute Gasteiger partial charge is 0.123 e. The minimum atomic E-state index is -0.182. The number of benzene rings is 1. The molecule has 1 N–H and O–H groups in total. The van der Waals surface area contributed by atoms with Gasteiger partial charge in [0.1, 0.15) is 5.82 Å². The van der Waals surface area contributed by atoms with Crippen molar-refractivity contribution < 1.29 is 4.39 Å². The Bertz CT molecular complexity index is 509. The van der Waals surface area contributed by atoms with E-state index in [9.17, 15) is 4.39 Å². The Labute approximate surface area is 122 Å². The molecule has 0 saturated heterocycles. The van der Waals surface area contributed by atoms with Crippen molar-refractivity contribution in [2.24, 2.45) is 0 Å². The van der Waals surface area contributed by atoms with Crippen LogP contribution in [0.4, 0.5) is 4.39 Å². The van der Waals surface area contributed by atoms with Crippen molar-refractivity contribution >= 4 is 22.9 Å². The highest BCUT2D eigenvalue weighted by atomic mass is 35.5. The van der Waals surface area contributed by atoms with Gasteiger partial charge in [-0.2, -0.15) is 0 Å². The number of rotatable bonds is 6. The van der Waals surface area contributed by atoms with Crippen LogP contribution < -0.4 is 5.32 Å². The second kappa shape index (κ2) is 7.04. The zero-order valence-electron chi connectivity index (χ0n) is 10.8. The molecule has 1 aromatic carbocycles. The summed E-state index contributed by atoms with van der Waals surface area (Å²) in [7, 11) is 0. The molecule has 1 nitrogen and oxygen atoms in total. The fourth-order valence-electron chi connectivity index (χ4n) is 1.97. The maximum atomic E-state index is 12.8. The lowest BCUT2D eigenvalue weighted by atomic mass is 10.1. The highest BCUT2D eigenvalue weighted by Gasteiger charge is 2.04. The first kappa shape index (κ1) is 14.5. The van der Waals surface area contributed by atoms with Crippen LogP contribution in [-0.2, 0) is 12.8 Å².